The van der Waals surface area contributed by atoms with Crippen LogP contribution >= 0.6 is 35.4 Å². The van der Waals surface area contributed by atoms with Crippen LogP contribution in [0.3, 0.4) is 0 Å². The number of carbonyl (C=O) groups excluding carboxylic acids is 2. The molecule has 0 saturated carbocycles. The highest BCUT2D eigenvalue weighted by Crippen LogP contribution is 2.25. The van der Waals surface area contributed by atoms with Crippen LogP contribution in [0.25, 0.3) is 0 Å². The van der Waals surface area contributed by atoms with Crippen LogP contribution in [-0.4, -0.2) is 23.6 Å². The molecule has 0 bridgehead atoms. The van der Waals surface area contributed by atoms with E-state index in [2.05, 4.69) is 15.4 Å². The number of carbonyl (C=O) groups is 2. The van der Waals surface area contributed by atoms with Gasteiger partial charge < -0.3 is 10.1 Å². The van der Waals surface area contributed by atoms with Gasteiger partial charge in [0.25, 0.3) is 0 Å². The third kappa shape index (κ3) is 6.57. The molecule has 0 radical (unpaired) electrons. The van der Waals surface area contributed by atoms with Crippen molar-refractivity contribution in [3.05, 3.63) is 40.4 Å². The zero-order valence-corrected chi connectivity index (χ0v) is 13.3. The minimum atomic E-state index is -0.607. The van der Waals surface area contributed by atoms with Gasteiger partial charge in [0.15, 0.2) is 5.11 Å². The van der Waals surface area contributed by atoms with Crippen molar-refractivity contribution in [1.29, 1.82) is 0 Å². The van der Waals surface area contributed by atoms with Crippen LogP contribution in [0.1, 0.15) is 6.92 Å². The average molecular weight is 347 g/mol. The molecule has 21 heavy (non-hydrogen) atoms. The number of esters is 1. The van der Waals surface area contributed by atoms with Gasteiger partial charge in [0.1, 0.15) is 0 Å². The van der Waals surface area contributed by atoms with Crippen molar-refractivity contribution in [3.63, 3.8) is 0 Å². The summed E-state index contributed by atoms with van der Waals surface area (Å²) in [6, 6.07) is 4.78. The quantitative estimate of drug-likeness (QED) is 0.498. The van der Waals surface area contributed by atoms with E-state index in [1.165, 1.54) is 0 Å². The van der Waals surface area contributed by atoms with Gasteiger partial charge in [-0.05, 0) is 37.3 Å². The summed E-state index contributed by atoms with van der Waals surface area (Å²) in [5.41, 5.74) is 0.462. The van der Waals surface area contributed by atoms with Gasteiger partial charge in [-0.25, -0.2) is 4.79 Å². The SMILES string of the molecule is CCOC(=O)C=CC(=O)NC(=S)Nc1cc(Cl)ccc1Cl. The summed E-state index contributed by atoms with van der Waals surface area (Å²) in [6.45, 7) is 1.90. The molecule has 112 valence electrons. The minimum absolute atomic E-state index is 0.0256. The second-order valence-corrected chi connectivity index (χ2v) is 4.90. The number of nitrogens with one attached hydrogen (secondary N) is 2. The number of hydrogen-bond donors (Lipinski definition) is 2. The lowest BCUT2D eigenvalue weighted by Gasteiger charge is -2.09. The normalized spacial score (nSPS) is 10.2. The lowest BCUT2D eigenvalue weighted by Crippen LogP contribution is -2.33. The first-order valence-corrected chi connectivity index (χ1v) is 7.00. The Hall–Kier alpha value is -1.63. The van der Waals surface area contributed by atoms with Crippen molar-refractivity contribution in [2.75, 3.05) is 11.9 Å². The third-order valence-electron chi connectivity index (χ3n) is 2.07. The van der Waals surface area contributed by atoms with Crippen LogP contribution in [0.2, 0.25) is 10.0 Å². The molecule has 0 atom stereocenters. The number of hydrogen-bond acceptors (Lipinski definition) is 4. The summed E-state index contributed by atoms with van der Waals surface area (Å²) in [7, 11) is 0. The Morgan fingerprint density at radius 2 is 2.05 bits per heavy atom. The Morgan fingerprint density at radius 3 is 2.71 bits per heavy atom. The summed E-state index contributed by atoms with van der Waals surface area (Å²) < 4.78 is 4.64. The molecular formula is C13H12Cl2N2O3S. The maximum atomic E-state index is 11.5. The van der Waals surface area contributed by atoms with Gasteiger partial charge in [-0.3, -0.25) is 10.1 Å². The molecule has 1 amide bonds. The largest absolute Gasteiger partial charge is 0.463 e. The summed E-state index contributed by atoms with van der Waals surface area (Å²) in [5, 5.41) is 5.98. The van der Waals surface area contributed by atoms with E-state index in [0.717, 1.165) is 12.2 Å². The van der Waals surface area contributed by atoms with Crippen LogP contribution in [-0.2, 0) is 14.3 Å². The number of halogens is 2. The molecule has 2 N–H and O–H groups in total. The van der Waals surface area contributed by atoms with E-state index in [1.54, 1.807) is 25.1 Å². The highest BCUT2D eigenvalue weighted by molar-refractivity contribution is 7.80. The first-order chi connectivity index (χ1) is 9.92. The summed E-state index contributed by atoms with van der Waals surface area (Å²) in [4.78, 5) is 22.5. The van der Waals surface area contributed by atoms with E-state index in [9.17, 15) is 9.59 Å². The van der Waals surface area contributed by atoms with Crippen molar-refractivity contribution in [2.45, 2.75) is 6.92 Å². The number of rotatable bonds is 4. The number of ether oxygens (including phenoxy) is 1. The molecule has 0 fully saturated rings. The maximum Gasteiger partial charge on any atom is 0.330 e. The Morgan fingerprint density at radius 1 is 1.33 bits per heavy atom. The highest BCUT2D eigenvalue weighted by atomic mass is 35.5. The van der Waals surface area contributed by atoms with Crippen molar-refractivity contribution in [1.82, 2.24) is 5.32 Å². The fourth-order valence-corrected chi connectivity index (χ4v) is 1.78. The predicted octanol–water partition coefficient (Wildman–Crippen LogP) is 2.93. The van der Waals surface area contributed by atoms with Gasteiger partial charge >= 0.3 is 5.97 Å². The Labute approximate surface area is 137 Å². The highest BCUT2D eigenvalue weighted by Gasteiger charge is 2.06. The lowest BCUT2D eigenvalue weighted by atomic mass is 10.3. The van der Waals surface area contributed by atoms with Gasteiger partial charge in [0.2, 0.25) is 5.91 Å². The van der Waals surface area contributed by atoms with Crippen molar-refractivity contribution < 1.29 is 14.3 Å². The fraction of sp³-hybridized carbons (Fsp3) is 0.154. The molecule has 0 spiro atoms. The number of thiocarbonyl (C=S) groups is 1. The average Bonchev–Trinajstić information content (AvgIpc) is 2.41. The first kappa shape index (κ1) is 17.4. The Bertz CT molecular complexity index is 591. The fourth-order valence-electron chi connectivity index (χ4n) is 1.23. The van der Waals surface area contributed by atoms with E-state index in [4.69, 9.17) is 35.4 Å². The van der Waals surface area contributed by atoms with Crippen molar-refractivity contribution in [3.8, 4) is 0 Å². The van der Waals surface area contributed by atoms with Gasteiger partial charge in [0.05, 0.1) is 17.3 Å². The number of anilines is 1. The molecule has 0 aliphatic carbocycles. The smallest absolute Gasteiger partial charge is 0.330 e. The molecule has 1 aromatic carbocycles. The summed E-state index contributed by atoms with van der Waals surface area (Å²) in [6.07, 6.45) is 2.03. The van der Waals surface area contributed by atoms with Gasteiger partial charge in [-0.2, -0.15) is 0 Å². The molecule has 0 aromatic heterocycles. The standard InChI is InChI=1S/C13H12Cl2N2O3S/c1-2-20-12(19)6-5-11(18)17-13(21)16-10-7-8(14)3-4-9(10)15/h3-7H,2H2,1H3,(H2,16,17,18,21). The lowest BCUT2D eigenvalue weighted by molar-refractivity contribution is -0.137. The van der Waals surface area contributed by atoms with Crippen LogP contribution in [0.5, 0.6) is 0 Å². The Balaban J connectivity index is 2.55. The molecule has 5 nitrogen and oxygen atoms in total. The predicted molar refractivity (Wildman–Crippen MR) is 86.6 cm³/mol. The zero-order valence-electron chi connectivity index (χ0n) is 11.0. The molecule has 8 heteroatoms. The minimum Gasteiger partial charge on any atom is -0.463 e. The topological polar surface area (TPSA) is 67.4 Å². The van der Waals surface area contributed by atoms with Crippen LogP contribution in [0, 0.1) is 0 Å². The molecule has 0 heterocycles. The van der Waals surface area contributed by atoms with E-state index in [-0.39, 0.29) is 11.7 Å². The third-order valence-corrected chi connectivity index (χ3v) is 2.84. The summed E-state index contributed by atoms with van der Waals surface area (Å²) in [5.74, 6) is -1.18. The molecule has 1 aromatic rings. The van der Waals surface area contributed by atoms with E-state index in [0.29, 0.717) is 15.7 Å². The maximum absolute atomic E-state index is 11.5. The number of amides is 1. The second kappa shape index (κ2) is 8.61. The first-order valence-electron chi connectivity index (χ1n) is 5.84. The van der Waals surface area contributed by atoms with Crippen molar-refractivity contribution >= 4 is 58.1 Å². The number of benzene rings is 1. The zero-order chi connectivity index (χ0) is 15.8. The molecule has 0 saturated heterocycles. The Kier molecular flexibility index (Phi) is 7.14. The van der Waals surface area contributed by atoms with E-state index < -0.39 is 11.9 Å². The van der Waals surface area contributed by atoms with Gasteiger partial charge in [-0.15, -0.1) is 0 Å². The second-order valence-electron chi connectivity index (χ2n) is 3.65. The molecule has 1 rings (SSSR count). The monoisotopic (exact) mass is 346 g/mol. The van der Waals surface area contributed by atoms with Crippen LogP contribution in [0.4, 0.5) is 5.69 Å². The molecule has 0 unspecified atom stereocenters. The van der Waals surface area contributed by atoms with Gasteiger partial charge in [-0.1, -0.05) is 23.2 Å². The molecular weight excluding hydrogens is 335 g/mol. The van der Waals surface area contributed by atoms with Gasteiger partial charge in [0, 0.05) is 17.2 Å². The van der Waals surface area contributed by atoms with Crippen LogP contribution < -0.4 is 10.6 Å². The molecule has 0 aliphatic rings. The van der Waals surface area contributed by atoms with Crippen LogP contribution in [0.15, 0.2) is 30.4 Å². The van der Waals surface area contributed by atoms with Crippen molar-refractivity contribution in [2.24, 2.45) is 0 Å². The van der Waals surface area contributed by atoms with E-state index >= 15 is 0 Å². The molecule has 0 aliphatic heterocycles. The summed E-state index contributed by atoms with van der Waals surface area (Å²) >= 11 is 16.7. The van der Waals surface area contributed by atoms with E-state index in [1.807, 2.05) is 0 Å².